The number of ether oxygens (including phenoxy) is 2. The SMILES string of the molecule is CCOc1ccc(-n2c(SCCCN3CCCC3=O)nnc2-c2cccc(OC)c2)cc1. The molecule has 0 bridgehead atoms. The molecule has 3 aromatic rings. The number of amides is 1. The van der Waals surface area contributed by atoms with Crippen molar-refractivity contribution >= 4 is 17.7 Å². The normalized spacial score (nSPS) is 13.6. The molecular formula is C24H28N4O3S. The number of likely N-dealkylation sites (tertiary alicyclic amines) is 1. The molecule has 2 heterocycles. The summed E-state index contributed by atoms with van der Waals surface area (Å²) in [5, 5.41) is 9.82. The van der Waals surface area contributed by atoms with Crippen LogP contribution in [0.3, 0.4) is 0 Å². The summed E-state index contributed by atoms with van der Waals surface area (Å²) in [6.45, 7) is 4.28. The zero-order chi connectivity index (χ0) is 22.3. The number of methoxy groups -OCH3 is 1. The molecule has 1 aromatic heterocycles. The van der Waals surface area contributed by atoms with Crippen LogP contribution in [0, 0.1) is 0 Å². The van der Waals surface area contributed by atoms with E-state index < -0.39 is 0 Å². The molecule has 1 aliphatic heterocycles. The first-order valence-corrected chi connectivity index (χ1v) is 11.9. The second-order valence-corrected chi connectivity index (χ2v) is 8.55. The Bertz CT molecular complexity index is 1050. The van der Waals surface area contributed by atoms with Gasteiger partial charge in [0.1, 0.15) is 11.5 Å². The van der Waals surface area contributed by atoms with Crippen LogP contribution in [0.2, 0.25) is 0 Å². The maximum Gasteiger partial charge on any atom is 0.222 e. The summed E-state index contributed by atoms with van der Waals surface area (Å²) in [7, 11) is 1.66. The Morgan fingerprint density at radius 1 is 1.09 bits per heavy atom. The average Bonchev–Trinajstić information content (AvgIpc) is 3.43. The number of carbonyl (C=O) groups excluding carboxylic acids is 1. The van der Waals surface area contributed by atoms with Crippen LogP contribution in [0.5, 0.6) is 11.5 Å². The summed E-state index contributed by atoms with van der Waals surface area (Å²) in [4.78, 5) is 13.8. The topological polar surface area (TPSA) is 69.5 Å². The Labute approximate surface area is 192 Å². The van der Waals surface area contributed by atoms with Gasteiger partial charge in [0.05, 0.1) is 13.7 Å². The van der Waals surface area contributed by atoms with Crippen molar-refractivity contribution in [3.63, 3.8) is 0 Å². The second-order valence-electron chi connectivity index (χ2n) is 7.49. The van der Waals surface area contributed by atoms with Crippen molar-refractivity contribution < 1.29 is 14.3 Å². The third-order valence-corrected chi connectivity index (χ3v) is 6.36. The number of nitrogens with zero attached hydrogens (tertiary/aromatic N) is 4. The molecule has 1 amide bonds. The van der Waals surface area contributed by atoms with Crippen LogP contribution in [0.4, 0.5) is 0 Å². The number of rotatable bonds is 10. The molecule has 8 heteroatoms. The zero-order valence-corrected chi connectivity index (χ0v) is 19.3. The van der Waals surface area contributed by atoms with E-state index in [0.717, 1.165) is 65.4 Å². The van der Waals surface area contributed by atoms with Crippen molar-refractivity contribution in [3.8, 4) is 28.6 Å². The minimum absolute atomic E-state index is 0.271. The molecule has 0 radical (unpaired) electrons. The lowest BCUT2D eigenvalue weighted by molar-refractivity contribution is -0.127. The Balaban J connectivity index is 1.57. The van der Waals surface area contributed by atoms with Gasteiger partial charge in [-0.15, -0.1) is 10.2 Å². The van der Waals surface area contributed by atoms with Crippen molar-refractivity contribution in [1.29, 1.82) is 0 Å². The first-order valence-electron chi connectivity index (χ1n) is 10.9. The van der Waals surface area contributed by atoms with Crippen LogP contribution < -0.4 is 9.47 Å². The standard InChI is InChI=1S/C24H28N4O3S/c1-3-31-20-12-10-19(11-13-20)28-23(18-7-4-8-21(17-18)30-2)25-26-24(28)32-16-6-15-27-14-5-9-22(27)29/h4,7-8,10-13,17H,3,5-6,9,14-16H2,1-2H3. The molecule has 0 N–H and O–H groups in total. The smallest absolute Gasteiger partial charge is 0.222 e. The van der Waals surface area contributed by atoms with Crippen LogP contribution in [0.15, 0.2) is 53.7 Å². The van der Waals surface area contributed by atoms with Crippen molar-refractivity contribution in [2.45, 2.75) is 31.3 Å². The molecule has 1 aliphatic rings. The summed E-state index contributed by atoms with van der Waals surface area (Å²) in [5.74, 6) is 3.49. The van der Waals surface area contributed by atoms with Gasteiger partial charge in [-0.1, -0.05) is 23.9 Å². The van der Waals surface area contributed by atoms with E-state index in [2.05, 4.69) is 14.8 Å². The summed E-state index contributed by atoms with van der Waals surface area (Å²) < 4.78 is 13.1. The fraction of sp³-hybridized carbons (Fsp3) is 0.375. The minimum atomic E-state index is 0.271. The zero-order valence-electron chi connectivity index (χ0n) is 18.5. The van der Waals surface area contributed by atoms with Crippen molar-refractivity contribution in [1.82, 2.24) is 19.7 Å². The van der Waals surface area contributed by atoms with E-state index in [1.807, 2.05) is 60.4 Å². The number of hydrogen-bond donors (Lipinski definition) is 0. The predicted octanol–water partition coefficient (Wildman–Crippen LogP) is 4.45. The lowest BCUT2D eigenvalue weighted by Gasteiger charge is -2.15. The summed E-state index contributed by atoms with van der Waals surface area (Å²) in [6, 6.07) is 15.8. The Hall–Kier alpha value is -3.00. The van der Waals surface area contributed by atoms with Gasteiger partial charge in [-0.05, 0) is 56.2 Å². The fourth-order valence-electron chi connectivity index (χ4n) is 3.76. The van der Waals surface area contributed by atoms with E-state index in [9.17, 15) is 4.79 Å². The van der Waals surface area contributed by atoms with Crippen molar-refractivity contribution in [3.05, 3.63) is 48.5 Å². The monoisotopic (exact) mass is 452 g/mol. The van der Waals surface area contributed by atoms with Gasteiger partial charge >= 0.3 is 0 Å². The molecular weight excluding hydrogens is 424 g/mol. The minimum Gasteiger partial charge on any atom is -0.497 e. The molecule has 32 heavy (non-hydrogen) atoms. The first kappa shape index (κ1) is 22.2. The highest BCUT2D eigenvalue weighted by Gasteiger charge is 2.20. The van der Waals surface area contributed by atoms with E-state index in [-0.39, 0.29) is 5.91 Å². The van der Waals surface area contributed by atoms with E-state index in [1.165, 1.54) is 0 Å². The van der Waals surface area contributed by atoms with E-state index in [0.29, 0.717) is 13.0 Å². The van der Waals surface area contributed by atoms with Crippen LogP contribution in [0.1, 0.15) is 26.2 Å². The number of aromatic nitrogens is 3. The molecule has 2 aromatic carbocycles. The van der Waals surface area contributed by atoms with E-state index in [4.69, 9.17) is 9.47 Å². The molecule has 0 aliphatic carbocycles. The number of thioether (sulfide) groups is 1. The molecule has 7 nitrogen and oxygen atoms in total. The highest BCUT2D eigenvalue weighted by molar-refractivity contribution is 7.99. The summed E-state index contributed by atoms with van der Waals surface area (Å²) in [5.41, 5.74) is 1.90. The third kappa shape index (κ3) is 5.07. The second kappa shape index (κ2) is 10.5. The van der Waals surface area contributed by atoms with E-state index in [1.54, 1.807) is 18.9 Å². The number of hydrogen-bond acceptors (Lipinski definition) is 6. The molecule has 4 rings (SSSR count). The van der Waals surface area contributed by atoms with Crippen LogP contribution in [0.25, 0.3) is 17.1 Å². The quantitative estimate of drug-likeness (QED) is 0.334. The fourth-order valence-corrected chi connectivity index (χ4v) is 4.64. The Morgan fingerprint density at radius 2 is 1.94 bits per heavy atom. The molecule has 1 saturated heterocycles. The lowest BCUT2D eigenvalue weighted by atomic mass is 10.2. The first-order chi connectivity index (χ1) is 15.7. The predicted molar refractivity (Wildman–Crippen MR) is 126 cm³/mol. The summed E-state index contributed by atoms with van der Waals surface area (Å²) >= 11 is 1.66. The van der Waals surface area contributed by atoms with Gasteiger partial charge in [0.2, 0.25) is 5.91 Å². The highest BCUT2D eigenvalue weighted by atomic mass is 32.2. The Kier molecular flexibility index (Phi) is 7.32. The maximum atomic E-state index is 11.8. The number of benzene rings is 2. The molecule has 0 unspecified atom stereocenters. The molecule has 0 spiro atoms. The highest BCUT2D eigenvalue weighted by Crippen LogP contribution is 2.30. The average molecular weight is 453 g/mol. The molecule has 0 atom stereocenters. The summed E-state index contributed by atoms with van der Waals surface area (Å²) in [6.07, 6.45) is 2.58. The van der Waals surface area contributed by atoms with Gasteiger partial charge in [-0.2, -0.15) is 0 Å². The van der Waals surface area contributed by atoms with Crippen LogP contribution >= 0.6 is 11.8 Å². The largest absolute Gasteiger partial charge is 0.497 e. The molecule has 1 fully saturated rings. The van der Waals surface area contributed by atoms with E-state index >= 15 is 0 Å². The number of carbonyl (C=O) groups is 1. The van der Waals surface area contributed by atoms with Gasteiger partial charge in [0.25, 0.3) is 0 Å². The van der Waals surface area contributed by atoms with Gasteiger partial charge in [-0.25, -0.2) is 0 Å². The van der Waals surface area contributed by atoms with Crippen LogP contribution in [-0.2, 0) is 4.79 Å². The molecule has 168 valence electrons. The van der Waals surface area contributed by atoms with Crippen LogP contribution in [-0.4, -0.2) is 58.1 Å². The van der Waals surface area contributed by atoms with Crippen molar-refractivity contribution in [2.75, 3.05) is 32.6 Å². The van der Waals surface area contributed by atoms with Gasteiger partial charge < -0.3 is 14.4 Å². The third-order valence-electron chi connectivity index (χ3n) is 5.34. The van der Waals surface area contributed by atoms with Gasteiger partial charge in [0.15, 0.2) is 11.0 Å². The lowest BCUT2D eigenvalue weighted by Crippen LogP contribution is -2.25. The maximum absolute atomic E-state index is 11.8. The van der Waals surface area contributed by atoms with Gasteiger partial charge in [-0.3, -0.25) is 9.36 Å². The van der Waals surface area contributed by atoms with Gasteiger partial charge in [0, 0.05) is 36.5 Å². The Morgan fingerprint density at radius 3 is 2.66 bits per heavy atom. The van der Waals surface area contributed by atoms with Crippen molar-refractivity contribution in [2.24, 2.45) is 0 Å². The molecule has 0 saturated carbocycles.